The minimum absolute atomic E-state index is 0.490. The van der Waals surface area contributed by atoms with Crippen molar-refractivity contribution in [2.45, 2.75) is 77.5 Å². The molecular formula is C23H35Br. The van der Waals surface area contributed by atoms with Crippen molar-refractivity contribution in [1.29, 1.82) is 0 Å². The Hall–Kier alpha value is -0.0400. The molecule has 4 aliphatic carbocycles. The maximum absolute atomic E-state index is 4.36. The normalized spacial score (nSPS) is 53.6. The first-order valence-electron chi connectivity index (χ1n) is 10.3. The van der Waals surface area contributed by atoms with Crippen LogP contribution < -0.4 is 0 Å². The summed E-state index contributed by atoms with van der Waals surface area (Å²) in [5.41, 5.74) is 4.23. The third-order valence-electron chi connectivity index (χ3n) is 8.93. The van der Waals surface area contributed by atoms with Gasteiger partial charge >= 0.3 is 0 Å². The van der Waals surface area contributed by atoms with Crippen LogP contribution in [0.2, 0.25) is 0 Å². The molecule has 4 rings (SSSR count). The Morgan fingerprint density at radius 1 is 1.12 bits per heavy atom. The third kappa shape index (κ3) is 2.29. The molecule has 0 nitrogen and oxygen atoms in total. The number of halogens is 1. The average Bonchev–Trinajstić information content (AvgIpc) is 2.86. The zero-order valence-corrected chi connectivity index (χ0v) is 17.7. The summed E-state index contributed by atoms with van der Waals surface area (Å²) in [6, 6.07) is 0. The van der Waals surface area contributed by atoms with Crippen molar-refractivity contribution < 1.29 is 0 Å². The van der Waals surface area contributed by atoms with E-state index in [1.807, 2.05) is 0 Å². The number of hydrogen-bond acceptors (Lipinski definition) is 0. The fourth-order valence-corrected chi connectivity index (χ4v) is 8.65. The van der Waals surface area contributed by atoms with Gasteiger partial charge in [-0.15, -0.1) is 0 Å². The first kappa shape index (κ1) is 17.4. The lowest BCUT2D eigenvalue weighted by Gasteiger charge is -2.59. The van der Waals surface area contributed by atoms with E-state index in [0.717, 1.165) is 29.6 Å². The molecule has 24 heavy (non-hydrogen) atoms. The van der Waals surface area contributed by atoms with Gasteiger partial charge in [-0.05, 0) is 92.3 Å². The molecule has 0 spiro atoms. The van der Waals surface area contributed by atoms with Crippen molar-refractivity contribution in [3.63, 3.8) is 0 Å². The molecule has 0 radical (unpaired) electrons. The number of rotatable bonds is 1. The van der Waals surface area contributed by atoms with Crippen molar-refractivity contribution in [3.8, 4) is 0 Å². The molecule has 4 aliphatic rings. The molecule has 8 atom stereocenters. The zero-order chi connectivity index (χ0) is 17.3. The smallest absolute Gasteiger partial charge is 0.0362 e. The van der Waals surface area contributed by atoms with Gasteiger partial charge in [0.05, 0.1) is 0 Å². The van der Waals surface area contributed by atoms with Crippen LogP contribution in [0.5, 0.6) is 0 Å². The molecule has 3 fully saturated rings. The van der Waals surface area contributed by atoms with Crippen molar-refractivity contribution in [2.75, 3.05) is 0 Å². The lowest BCUT2D eigenvalue weighted by Crippen LogP contribution is -2.53. The number of hydrogen-bond donors (Lipinski definition) is 0. The van der Waals surface area contributed by atoms with E-state index in [-0.39, 0.29) is 0 Å². The lowest BCUT2D eigenvalue weighted by molar-refractivity contribution is -0.0354. The topological polar surface area (TPSA) is 0 Å². The Morgan fingerprint density at radius 3 is 2.58 bits per heavy atom. The van der Waals surface area contributed by atoms with E-state index in [1.165, 1.54) is 50.5 Å². The Balaban J connectivity index is 1.71. The van der Waals surface area contributed by atoms with Crippen LogP contribution in [0, 0.1) is 40.4 Å². The van der Waals surface area contributed by atoms with E-state index in [1.54, 1.807) is 5.57 Å². The molecule has 0 aromatic heterocycles. The summed E-state index contributed by atoms with van der Waals surface area (Å²) in [4.78, 5) is 0.601. The molecule has 0 aromatic carbocycles. The largest absolute Gasteiger partial charge is 0.0998 e. The molecule has 0 saturated heterocycles. The van der Waals surface area contributed by atoms with Crippen molar-refractivity contribution in [1.82, 2.24) is 0 Å². The van der Waals surface area contributed by atoms with Crippen LogP contribution in [0.25, 0.3) is 0 Å². The maximum Gasteiger partial charge on any atom is 0.0362 e. The van der Waals surface area contributed by atoms with Gasteiger partial charge in [-0.3, -0.25) is 0 Å². The van der Waals surface area contributed by atoms with Crippen LogP contribution in [0.1, 0.15) is 72.6 Å². The molecule has 0 N–H and O–H groups in total. The number of allylic oxidation sites excluding steroid dienone is 3. The highest BCUT2D eigenvalue weighted by molar-refractivity contribution is 9.09. The molecule has 0 amide bonds. The van der Waals surface area contributed by atoms with E-state index in [0.29, 0.717) is 15.7 Å². The van der Waals surface area contributed by atoms with Gasteiger partial charge in [0, 0.05) is 4.83 Å². The first-order chi connectivity index (χ1) is 11.3. The van der Waals surface area contributed by atoms with E-state index in [4.69, 9.17) is 0 Å². The monoisotopic (exact) mass is 390 g/mol. The highest BCUT2D eigenvalue weighted by Gasteiger charge is 2.60. The van der Waals surface area contributed by atoms with Crippen LogP contribution >= 0.6 is 15.9 Å². The van der Waals surface area contributed by atoms with E-state index in [2.05, 4.69) is 56.3 Å². The Bertz CT molecular complexity index is 575. The summed E-state index contributed by atoms with van der Waals surface area (Å²) >= 11 is 4.15. The molecule has 0 heterocycles. The van der Waals surface area contributed by atoms with Crippen molar-refractivity contribution in [2.24, 2.45) is 40.4 Å². The van der Waals surface area contributed by atoms with Crippen LogP contribution in [-0.4, -0.2) is 4.83 Å². The second-order valence-electron chi connectivity index (χ2n) is 10.2. The SMILES string of the molecule is C=C(C)[C@H]1CC[C@H]2[C@@H]3[C@H](Br)C=C4C[C@@H](C)CC[C@]4(C)[C@H]3CC[C@]12C. The molecule has 3 saturated carbocycles. The second kappa shape index (κ2) is 5.73. The van der Waals surface area contributed by atoms with Crippen molar-refractivity contribution >= 4 is 15.9 Å². The molecule has 0 bridgehead atoms. The number of alkyl halides is 1. The fraction of sp³-hybridized carbons (Fsp3) is 0.826. The van der Waals surface area contributed by atoms with Crippen LogP contribution in [0.15, 0.2) is 23.8 Å². The van der Waals surface area contributed by atoms with Crippen LogP contribution in [-0.2, 0) is 0 Å². The van der Waals surface area contributed by atoms with Gasteiger partial charge in [-0.1, -0.05) is 60.5 Å². The Kier molecular flexibility index (Phi) is 4.15. The maximum atomic E-state index is 4.36. The van der Waals surface area contributed by atoms with Gasteiger partial charge in [-0.2, -0.15) is 0 Å². The summed E-state index contributed by atoms with van der Waals surface area (Å²) in [7, 11) is 0. The summed E-state index contributed by atoms with van der Waals surface area (Å²) in [6.45, 7) is 14.3. The van der Waals surface area contributed by atoms with E-state index >= 15 is 0 Å². The minimum Gasteiger partial charge on any atom is -0.0998 e. The summed E-state index contributed by atoms with van der Waals surface area (Å²) in [6.07, 6.45) is 12.5. The molecule has 0 aromatic rings. The van der Waals surface area contributed by atoms with Crippen LogP contribution in [0.4, 0.5) is 0 Å². The minimum atomic E-state index is 0.490. The van der Waals surface area contributed by atoms with E-state index < -0.39 is 0 Å². The Morgan fingerprint density at radius 2 is 1.88 bits per heavy atom. The standard InChI is InChI=1S/C23H35Br/c1-14(2)17-6-7-18-21-19(9-11-23(17,18)5)22(4)10-8-15(3)12-16(22)13-20(21)24/h13,15,17-21H,1,6-12H2,2-5H3/t15-,17+,18-,19-,20+,21-,22-,23+/m0/s1. The van der Waals surface area contributed by atoms with Crippen molar-refractivity contribution in [3.05, 3.63) is 23.8 Å². The fourth-order valence-electron chi connectivity index (χ4n) is 7.59. The van der Waals surface area contributed by atoms with Gasteiger partial charge in [0.25, 0.3) is 0 Å². The molecule has 0 unspecified atom stereocenters. The highest BCUT2D eigenvalue weighted by Crippen LogP contribution is 2.67. The zero-order valence-electron chi connectivity index (χ0n) is 16.1. The lowest BCUT2D eigenvalue weighted by atomic mass is 9.47. The third-order valence-corrected chi connectivity index (χ3v) is 9.81. The van der Waals surface area contributed by atoms with Crippen LogP contribution in [0.3, 0.4) is 0 Å². The van der Waals surface area contributed by atoms with E-state index in [9.17, 15) is 0 Å². The van der Waals surface area contributed by atoms with Gasteiger partial charge in [0.1, 0.15) is 0 Å². The first-order valence-corrected chi connectivity index (χ1v) is 11.2. The second-order valence-corrected chi connectivity index (χ2v) is 11.3. The summed E-state index contributed by atoms with van der Waals surface area (Å²) in [5, 5.41) is 0. The summed E-state index contributed by atoms with van der Waals surface area (Å²) in [5.74, 6) is 4.27. The predicted octanol–water partition coefficient (Wildman–Crippen LogP) is 7.15. The van der Waals surface area contributed by atoms with Gasteiger partial charge < -0.3 is 0 Å². The molecule has 134 valence electrons. The average molecular weight is 391 g/mol. The highest BCUT2D eigenvalue weighted by atomic mass is 79.9. The summed E-state index contributed by atoms with van der Waals surface area (Å²) < 4.78 is 0. The Labute approximate surface area is 157 Å². The van der Waals surface area contributed by atoms with Gasteiger partial charge in [0.15, 0.2) is 0 Å². The molecule has 0 aliphatic heterocycles. The van der Waals surface area contributed by atoms with Gasteiger partial charge in [0.2, 0.25) is 0 Å². The molecule has 1 heteroatoms. The quantitative estimate of drug-likeness (QED) is 0.329. The number of fused-ring (bicyclic) bond motifs is 5. The predicted molar refractivity (Wildman–Crippen MR) is 107 cm³/mol. The van der Waals surface area contributed by atoms with Gasteiger partial charge in [-0.25, -0.2) is 0 Å². The molecular weight excluding hydrogens is 356 g/mol.